The highest BCUT2D eigenvalue weighted by atomic mass is 32.2. The summed E-state index contributed by atoms with van der Waals surface area (Å²) in [7, 11) is 0. The van der Waals surface area contributed by atoms with E-state index in [1.54, 1.807) is 0 Å². The quantitative estimate of drug-likeness (QED) is 0.393. The van der Waals surface area contributed by atoms with Gasteiger partial charge < -0.3 is 15.3 Å². The van der Waals surface area contributed by atoms with E-state index >= 15 is 0 Å². The minimum Gasteiger partial charge on any atom is -0.480 e. The molecule has 0 aromatic carbocycles. The first-order valence-electron chi connectivity index (χ1n) is 4.78. The summed E-state index contributed by atoms with van der Waals surface area (Å²) in [5.41, 5.74) is 0. The van der Waals surface area contributed by atoms with E-state index in [0.717, 1.165) is 0 Å². The number of carboxylic acids is 1. The number of hydrogen-bond donors (Lipinski definition) is 2. The Morgan fingerprint density at radius 1 is 1.37 bits per heavy atom. The molecule has 0 unspecified atom stereocenters. The van der Waals surface area contributed by atoms with E-state index in [4.69, 9.17) is 5.11 Å². The largest absolute Gasteiger partial charge is 0.492 e. The van der Waals surface area contributed by atoms with Crippen molar-refractivity contribution in [2.45, 2.75) is 13.1 Å². The summed E-state index contributed by atoms with van der Waals surface area (Å²) >= 11 is 0.531. The molecule has 0 radical (unpaired) electrons. The molecule has 2 N–H and O–H groups in total. The number of carbonyl (C=O) groups is 3. The van der Waals surface area contributed by atoms with Crippen LogP contribution in [0.3, 0.4) is 0 Å². The van der Waals surface area contributed by atoms with Crippen molar-refractivity contribution in [1.82, 2.24) is 9.79 Å². The van der Waals surface area contributed by atoms with E-state index in [2.05, 4.69) is 10.2 Å². The van der Waals surface area contributed by atoms with Crippen LogP contribution in [0, 0.1) is 0 Å². The molecule has 0 saturated carbocycles. The summed E-state index contributed by atoms with van der Waals surface area (Å²) in [4.78, 5) is 35.3. The Labute approximate surface area is 110 Å². The van der Waals surface area contributed by atoms with Gasteiger partial charge >= 0.3 is 18.1 Å². The van der Waals surface area contributed by atoms with Crippen molar-refractivity contribution < 1.29 is 37.5 Å². The molecule has 0 saturated heterocycles. The number of nitrogens with zero attached hydrogens (tertiary/aromatic N) is 1. The predicted molar refractivity (Wildman–Crippen MR) is 57.6 cm³/mol. The molecule has 110 valence electrons. The van der Waals surface area contributed by atoms with Crippen molar-refractivity contribution in [2.75, 3.05) is 18.8 Å². The Hall–Kier alpha value is -1.49. The van der Waals surface area contributed by atoms with Crippen LogP contribution in [0.15, 0.2) is 0 Å². The number of halogens is 3. The third kappa shape index (κ3) is 9.13. The standard InChI is InChI=1S/C8H11F3N2O5S/c1-5(14)12-2-3-19-13(4-6(15)16)18-7(17)8(9,10)11/h2-4H2,1H3,(H,12,14)(H,15,16). The van der Waals surface area contributed by atoms with Gasteiger partial charge in [0.15, 0.2) is 0 Å². The molecule has 19 heavy (non-hydrogen) atoms. The zero-order chi connectivity index (χ0) is 15.1. The van der Waals surface area contributed by atoms with E-state index < -0.39 is 24.7 Å². The summed E-state index contributed by atoms with van der Waals surface area (Å²) in [6.07, 6.45) is -5.21. The van der Waals surface area contributed by atoms with Crippen LogP contribution in [-0.2, 0) is 19.2 Å². The van der Waals surface area contributed by atoms with Crippen LogP contribution in [0.25, 0.3) is 0 Å². The van der Waals surface area contributed by atoms with Gasteiger partial charge in [0.1, 0.15) is 6.54 Å². The Kier molecular flexibility index (Phi) is 7.22. The van der Waals surface area contributed by atoms with Crippen LogP contribution in [0.5, 0.6) is 0 Å². The number of nitrogens with one attached hydrogen (secondary N) is 1. The van der Waals surface area contributed by atoms with E-state index in [1.165, 1.54) is 6.92 Å². The second-order valence-corrected chi connectivity index (χ2v) is 4.15. The van der Waals surface area contributed by atoms with Crippen LogP contribution < -0.4 is 5.32 Å². The van der Waals surface area contributed by atoms with Crippen molar-refractivity contribution in [1.29, 1.82) is 0 Å². The van der Waals surface area contributed by atoms with E-state index in [0.29, 0.717) is 16.4 Å². The highest BCUT2D eigenvalue weighted by Crippen LogP contribution is 2.20. The fraction of sp³-hybridized carbons (Fsp3) is 0.625. The van der Waals surface area contributed by atoms with Gasteiger partial charge in [0, 0.05) is 19.2 Å². The first kappa shape index (κ1) is 17.5. The highest BCUT2D eigenvalue weighted by Gasteiger charge is 2.43. The zero-order valence-electron chi connectivity index (χ0n) is 9.69. The van der Waals surface area contributed by atoms with E-state index in [1.807, 2.05) is 0 Å². The molecule has 0 heterocycles. The van der Waals surface area contributed by atoms with E-state index in [9.17, 15) is 27.6 Å². The number of carboxylic acid groups (broad SMARTS) is 1. The summed E-state index contributed by atoms with van der Waals surface area (Å²) < 4.78 is 36.1. The van der Waals surface area contributed by atoms with Crippen molar-refractivity contribution >= 4 is 29.8 Å². The molecule has 0 fully saturated rings. The van der Waals surface area contributed by atoms with Gasteiger partial charge in [-0.15, -0.1) is 0 Å². The number of carbonyl (C=O) groups excluding carboxylic acids is 2. The highest BCUT2D eigenvalue weighted by molar-refractivity contribution is 7.96. The second kappa shape index (κ2) is 7.84. The van der Waals surface area contributed by atoms with Gasteiger partial charge in [-0.2, -0.15) is 13.2 Å². The van der Waals surface area contributed by atoms with Crippen molar-refractivity contribution in [3.05, 3.63) is 0 Å². The summed E-state index contributed by atoms with van der Waals surface area (Å²) in [5, 5.41) is 10.8. The number of hydrogen-bond acceptors (Lipinski definition) is 6. The first-order valence-corrected chi connectivity index (χ1v) is 5.73. The lowest BCUT2D eigenvalue weighted by atomic mass is 10.6. The second-order valence-electron chi connectivity index (χ2n) is 3.08. The lowest BCUT2D eigenvalue weighted by Gasteiger charge is -2.18. The Bertz CT molecular complexity index is 350. The molecule has 0 aliphatic rings. The van der Waals surface area contributed by atoms with Gasteiger partial charge in [-0.25, -0.2) is 4.79 Å². The monoisotopic (exact) mass is 304 g/mol. The lowest BCUT2D eigenvalue weighted by molar-refractivity contribution is -0.221. The maximum atomic E-state index is 11.9. The molecule has 0 rings (SSSR count). The molecule has 0 atom stereocenters. The van der Waals surface area contributed by atoms with Crippen molar-refractivity contribution in [2.24, 2.45) is 0 Å². The fourth-order valence-electron chi connectivity index (χ4n) is 0.733. The van der Waals surface area contributed by atoms with E-state index in [-0.39, 0.29) is 18.2 Å². The molecular weight excluding hydrogens is 293 g/mol. The van der Waals surface area contributed by atoms with Gasteiger partial charge in [-0.1, -0.05) is 4.47 Å². The minimum atomic E-state index is -5.21. The molecule has 1 amide bonds. The van der Waals surface area contributed by atoms with Crippen molar-refractivity contribution in [3.8, 4) is 0 Å². The van der Waals surface area contributed by atoms with Gasteiger partial charge in [-0.05, 0) is 11.9 Å². The van der Waals surface area contributed by atoms with Gasteiger partial charge in [0.05, 0.1) is 0 Å². The van der Waals surface area contributed by atoms with Gasteiger partial charge in [0.2, 0.25) is 5.91 Å². The molecule has 11 heteroatoms. The van der Waals surface area contributed by atoms with Crippen LogP contribution in [0.4, 0.5) is 13.2 Å². The summed E-state index contributed by atoms with van der Waals surface area (Å²) in [6.45, 7) is 0.398. The Balaban J connectivity index is 4.27. The third-order valence-electron chi connectivity index (χ3n) is 1.39. The Morgan fingerprint density at radius 3 is 2.37 bits per heavy atom. The number of hydroxylamine groups is 1. The maximum absolute atomic E-state index is 11.9. The zero-order valence-corrected chi connectivity index (χ0v) is 10.5. The molecule has 7 nitrogen and oxygen atoms in total. The molecule has 0 aliphatic heterocycles. The van der Waals surface area contributed by atoms with Crippen LogP contribution >= 0.6 is 11.9 Å². The molecule has 0 bridgehead atoms. The normalized spacial score (nSPS) is 11.2. The summed E-state index contributed by atoms with van der Waals surface area (Å²) in [6, 6.07) is 0. The van der Waals surface area contributed by atoms with Crippen LogP contribution in [-0.4, -0.2) is 52.4 Å². The van der Waals surface area contributed by atoms with Gasteiger partial charge in [0.25, 0.3) is 0 Å². The predicted octanol–water partition coefficient (Wildman–Crippen LogP) is 0.178. The molecule has 0 spiro atoms. The van der Waals surface area contributed by atoms with Crippen LogP contribution in [0.2, 0.25) is 0 Å². The topological polar surface area (TPSA) is 95.9 Å². The molecule has 0 aliphatic carbocycles. The number of alkyl halides is 3. The minimum absolute atomic E-state index is 0.0397. The SMILES string of the molecule is CC(=O)NCCSN(CC(=O)O)OC(=O)C(F)(F)F. The number of aliphatic carboxylic acids is 1. The Morgan fingerprint density at radius 2 is 1.95 bits per heavy atom. The molecule has 0 aromatic rings. The average molecular weight is 304 g/mol. The average Bonchev–Trinajstić information content (AvgIpc) is 2.21. The lowest BCUT2D eigenvalue weighted by Crippen LogP contribution is -2.35. The maximum Gasteiger partial charge on any atom is 0.492 e. The smallest absolute Gasteiger partial charge is 0.480 e. The number of rotatable bonds is 7. The third-order valence-corrected chi connectivity index (χ3v) is 2.27. The van der Waals surface area contributed by atoms with Gasteiger partial charge in [-0.3, -0.25) is 9.59 Å². The molecular formula is C8H11F3N2O5S. The van der Waals surface area contributed by atoms with Crippen molar-refractivity contribution in [3.63, 3.8) is 0 Å². The first-order chi connectivity index (χ1) is 8.62. The summed E-state index contributed by atoms with van der Waals surface area (Å²) in [5.74, 6) is -4.29. The fourth-order valence-corrected chi connectivity index (χ4v) is 1.45. The molecule has 0 aromatic heterocycles. The number of amides is 1. The van der Waals surface area contributed by atoms with Crippen LogP contribution in [0.1, 0.15) is 6.92 Å².